The summed E-state index contributed by atoms with van der Waals surface area (Å²) < 4.78 is 13.7. The number of Topliss-reactive ketones (excluding diaryl/α,β-unsaturated/α-hetero) is 1. The molecule has 0 aliphatic carbocycles. The van der Waals surface area contributed by atoms with Crippen LogP contribution < -0.4 is 5.32 Å². The third-order valence-corrected chi connectivity index (χ3v) is 4.66. The minimum absolute atomic E-state index is 0.133. The number of hydrogen-bond donors (Lipinski definition) is 1. The van der Waals surface area contributed by atoms with Crippen LogP contribution in [0, 0.1) is 19.7 Å². The molecule has 0 saturated carbocycles. The number of hydrogen-bond acceptors (Lipinski definition) is 3. The van der Waals surface area contributed by atoms with Gasteiger partial charge in [0, 0.05) is 23.9 Å². The second-order valence-electron chi connectivity index (χ2n) is 6.90. The highest BCUT2D eigenvalue weighted by Crippen LogP contribution is 2.19. The molecule has 4 heteroatoms. The average molecular weight is 378 g/mol. The fraction of sp³-hybridized carbons (Fsp3) is 0.250. The lowest BCUT2D eigenvalue weighted by molar-refractivity contribution is 0.0987. The maximum Gasteiger partial charge on any atom is 0.162 e. The molecule has 0 fully saturated rings. The predicted molar refractivity (Wildman–Crippen MR) is 116 cm³/mol. The van der Waals surface area contributed by atoms with E-state index >= 15 is 0 Å². The fourth-order valence-corrected chi connectivity index (χ4v) is 2.69. The van der Waals surface area contributed by atoms with Crippen molar-refractivity contribution in [1.29, 1.82) is 0 Å². The number of benzene rings is 2. The number of aliphatic imine (C=N–C) groups is 1. The number of halogens is 1. The first-order chi connectivity index (χ1) is 13.2. The zero-order valence-electron chi connectivity index (χ0n) is 17.2. The van der Waals surface area contributed by atoms with Gasteiger partial charge < -0.3 is 5.32 Å². The van der Waals surface area contributed by atoms with Gasteiger partial charge >= 0.3 is 0 Å². The van der Waals surface area contributed by atoms with Gasteiger partial charge in [0.25, 0.3) is 0 Å². The molecule has 0 spiro atoms. The molecule has 2 aromatic carbocycles. The number of nitrogens with one attached hydrogen (secondary N) is 1. The fourth-order valence-electron chi connectivity index (χ4n) is 2.69. The Morgan fingerprint density at radius 2 is 1.86 bits per heavy atom. The Labute approximate surface area is 166 Å². The number of rotatable bonds is 7. The molecule has 2 rings (SSSR count). The minimum atomic E-state index is -0.225. The molecule has 0 saturated heterocycles. The number of anilines is 1. The molecule has 0 aliphatic heterocycles. The normalized spacial score (nSPS) is 12.1. The summed E-state index contributed by atoms with van der Waals surface area (Å²) in [6, 6.07) is 10.8. The summed E-state index contributed by atoms with van der Waals surface area (Å²) in [4.78, 5) is 16.3. The summed E-state index contributed by atoms with van der Waals surface area (Å²) in [7, 11) is 0. The smallest absolute Gasteiger partial charge is 0.162 e. The number of carbonyl (C=O) groups is 1. The molecule has 28 heavy (non-hydrogen) atoms. The van der Waals surface area contributed by atoms with E-state index in [4.69, 9.17) is 0 Å². The topological polar surface area (TPSA) is 41.5 Å². The molecule has 0 radical (unpaired) electrons. The summed E-state index contributed by atoms with van der Waals surface area (Å²) in [6.45, 7) is 13.3. The third kappa shape index (κ3) is 5.26. The molecule has 146 valence electrons. The zero-order chi connectivity index (χ0) is 20.8. The monoisotopic (exact) mass is 378 g/mol. The molecule has 0 aliphatic rings. The number of ketones is 1. The Balaban J connectivity index is 2.12. The van der Waals surface area contributed by atoms with Crippen molar-refractivity contribution in [3.05, 3.63) is 82.9 Å². The molecule has 0 amide bonds. The van der Waals surface area contributed by atoms with E-state index in [0.717, 1.165) is 33.7 Å². The van der Waals surface area contributed by atoms with Gasteiger partial charge in [0.05, 0.1) is 11.4 Å². The molecular weight excluding hydrogens is 351 g/mol. The standard InChI is InChI=1S/C24H27FN2O/c1-7-24(28)22-11-10-21(12-16(22)3)27-19(6)18(5)26-14-17(4)20-9-8-15(2)23(25)13-20/h8-14,27H,6-7H2,1-5H3/b17-14+,26-18?. The Kier molecular flexibility index (Phi) is 7.05. The molecular formula is C24H27FN2O. The van der Waals surface area contributed by atoms with Gasteiger partial charge in [-0.05, 0) is 74.2 Å². The van der Waals surface area contributed by atoms with Crippen molar-refractivity contribution >= 4 is 22.8 Å². The van der Waals surface area contributed by atoms with Crippen LogP contribution in [0.1, 0.15) is 54.2 Å². The second kappa shape index (κ2) is 9.27. The van der Waals surface area contributed by atoms with Gasteiger partial charge in [-0.1, -0.05) is 25.6 Å². The van der Waals surface area contributed by atoms with Crippen molar-refractivity contribution < 1.29 is 9.18 Å². The van der Waals surface area contributed by atoms with Crippen molar-refractivity contribution in [3.63, 3.8) is 0 Å². The molecule has 0 aromatic heterocycles. The summed E-state index contributed by atoms with van der Waals surface area (Å²) in [5.74, 6) is -0.0915. The number of aryl methyl sites for hydroxylation is 2. The van der Waals surface area contributed by atoms with Crippen LogP contribution in [-0.2, 0) is 0 Å². The molecule has 0 heterocycles. The Morgan fingerprint density at radius 1 is 1.14 bits per heavy atom. The van der Waals surface area contributed by atoms with E-state index in [2.05, 4.69) is 16.9 Å². The van der Waals surface area contributed by atoms with Crippen LogP contribution in [0.4, 0.5) is 10.1 Å². The van der Waals surface area contributed by atoms with Gasteiger partial charge in [0.1, 0.15) is 5.82 Å². The van der Waals surface area contributed by atoms with E-state index in [1.807, 2.05) is 52.0 Å². The Hall–Kier alpha value is -3.01. The molecule has 3 nitrogen and oxygen atoms in total. The second-order valence-corrected chi connectivity index (χ2v) is 6.90. The van der Waals surface area contributed by atoms with Gasteiger partial charge in [-0.25, -0.2) is 4.39 Å². The number of allylic oxidation sites excluding steroid dienone is 2. The SMILES string of the molecule is C=C(Nc1ccc(C(=O)CC)c(C)c1)C(C)=N/C=C(\C)c1ccc(C)c(F)c1. The first-order valence-corrected chi connectivity index (χ1v) is 9.30. The Bertz CT molecular complexity index is 971. The zero-order valence-corrected chi connectivity index (χ0v) is 17.2. The lowest BCUT2D eigenvalue weighted by atomic mass is 10.0. The van der Waals surface area contributed by atoms with Crippen LogP contribution in [-0.4, -0.2) is 11.5 Å². The van der Waals surface area contributed by atoms with E-state index in [0.29, 0.717) is 17.7 Å². The van der Waals surface area contributed by atoms with Gasteiger partial charge in [-0.2, -0.15) is 0 Å². The van der Waals surface area contributed by atoms with Crippen molar-refractivity contribution in [2.45, 2.75) is 41.0 Å². The van der Waals surface area contributed by atoms with E-state index < -0.39 is 0 Å². The van der Waals surface area contributed by atoms with Crippen LogP contribution in [0.2, 0.25) is 0 Å². The molecule has 0 atom stereocenters. The highest BCUT2D eigenvalue weighted by molar-refractivity contribution is 6.01. The maximum absolute atomic E-state index is 13.7. The van der Waals surface area contributed by atoms with Gasteiger partial charge in [-0.3, -0.25) is 9.79 Å². The summed E-state index contributed by atoms with van der Waals surface area (Å²) in [5, 5.41) is 3.22. The van der Waals surface area contributed by atoms with Crippen molar-refractivity contribution in [2.24, 2.45) is 4.99 Å². The third-order valence-electron chi connectivity index (χ3n) is 4.66. The minimum Gasteiger partial charge on any atom is -0.355 e. The first-order valence-electron chi connectivity index (χ1n) is 9.30. The highest BCUT2D eigenvalue weighted by atomic mass is 19.1. The molecule has 2 aromatic rings. The molecule has 0 bridgehead atoms. The van der Waals surface area contributed by atoms with Crippen molar-refractivity contribution in [2.75, 3.05) is 5.32 Å². The first kappa shape index (κ1) is 21.3. The quantitative estimate of drug-likeness (QED) is 0.442. The van der Waals surface area contributed by atoms with Crippen LogP contribution in [0.3, 0.4) is 0 Å². The van der Waals surface area contributed by atoms with E-state index in [-0.39, 0.29) is 11.6 Å². The van der Waals surface area contributed by atoms with Crippen LogP contribution in [0.25, 0.3) is 5.57 Å². The lowest BCUT2D eigenvalue weighted by Gasteiger charge is -2.11. The largest absolute Gasteiger partial charge is 0.355 e. The number of carbonyl (C=O) groups excluding carboxylic acids is 1. The predicted octanol–water partition coefficient (Wildman–Crippen LogP) is 6.48. The summed E-state index contributed by atoms with van der Waals surface area (Å²) >= 11 is 0. The van der Waals surface area contributed by atoms with Crippen LogP contribution >= 0.6 is 0 Å². The Morgan fingerprint density at radius 3 is 2.46 bits per heavy atom. The van der Waals surface area contributed by atoms with Gasteiger partial charge in [-0.15, -0.1) is 0 Å². The molecule has 0 unspecified atom stereocenters. The van der Waals surface area contributed by atoms with Gasteiger partial charge in [0.15, 0.2) is 5.78 Å². The lowest BCUT2D eigenvalue weighted by Crippen LogP contribution is -2.08. The molecule has 1 N–H and O–H groups in total. The number of nitrogens with zero attached hydrogens (tertiary/aromatic N) is 1. The average Bonchev–Trinajstić information content (AvgIpc) is 2.67. The highest BCUT2D eigenvalue weighted by Gasteiger charge is 2.08. The van der Waals surface area contributed by atoms with Crippen molar-refractivity contribution in [3.8, 4) is 0 Å². The van der Waals surface area contributed by atoms with Crippen LogP contribution in [0.5, 0.6) is 0 Å². The van der Waals surface area contributed by atoms with Crippen LogP contribution in [0.15, 0.2) is 59.9 Å². The summed E-state index contributed by atoms with van der Waals surface area (Å²) in [5.41, 5.74) is 6.19. The summed E-state index contributed by atoms with van der Waals surface area (Å²) in [6.07, 6.45) is 2.20. The maximum atomic E-state index is 13.7. The van der Waals surface area contributed by atoms with E-state index in [1.54, 1.807) is 19.2 Å². The van der Waals surface area contributed by atoms with E-state index in [9.17, 15) is 9.18 Å². The van der Waals surface area contributed by atoms with E-state index in [1.165, 1.54) is 6.07 Å². The van der Waals surface area contributed by atoms with Gasteiger partial charge in [0.2, 0.25) is 0 Å². The van der Waals surface area contributed by atoms with Crippen molar-refractivity contribution in [1.82, 2.24) is 0 Å².